The van der Waals surface area contributed by atoms with Gasteiger partial charge in [0.25, 0.3) is 0 Å². The van der Waals surface area contributed by atoms with Gasteiger partial charge in [0.1, 0.15) is 11.7 Å². The third kappa shape index (κ3) is 7.04. The molecule has 1 spiro atoms. The summed E-state index contributed by atoms with van der Waals surface area (Å²) in [6.07, 6.45) is 5.03. The van der Waals surface area contributed by atoms with Gasteiger partial charge >= 0.3 is 6.09 Å². The summed E-state index contributed by atoms with van der Waals surface area (Å²) in [4.78, 5) is 20.3. The first kappa shape index (κ1) is 24.7. The number of aromatic nitrogens is 1. The molecule has 0 unspecified atom stereocenters. The van der Waals surface area contributed by atoms with E-state index in [0.29, 0.717) is 43.7 Å². The van der Waals surface area contributed by atoms with Crippen molar-refractivity contribution in [1.82, 2.24) is 14.8 Å². The molecule has 0 aromatic carbocycles. The van der Waals surface area contributed by atoms with Crippen molar-refractivity contribution in [2.45, 2.75) is 57.8 Å². The molecular formula is C24H36BrN3O5. The first-order chi connectivity index (χ1) is 15.7. The standard InChI is InChI=1S/C24H36BrN3O5/c1-23(2,3)33-22(29)28-14-20(15-28)31-9-4-8-30-10-7-27-16-24(17-27)11-19(12-24)32-21-6-5-18(25)13-26-21/h5-6,13,19-20H,4,7-12,14-17H2,1-3H3. The lowest BCUT2D eigenvalue weighted by Gasteiger charge is -2.58. The van der Waals surface area contributed by atoms with Gasteiger partial charge in [-0.15, -0.1) is 0 Å². The summed E-state index contributed by atoms with van der Waals surface area (Å²) in [5.41, 5.74) is -0.00631. The highest BCUT2D eigenvalue weighted by atomic mass is 79.9. The number of amides is 1. The minimum atomic E-state index is -0.455. The minimum absolute atomic E-state index is 0.115. The van der Waals surface area contributed by atoms with E-state index < -0.39 is 5.60 Å². The lowest BCUT2D eigenvalue weighted by molar-refractivity contribution is -0.124. The topological polar surface area (TPSA) is 73.4 Å². The van der Waals surface area contributed by atoms with Crippen molar-refractivity contribution >= 4 is 22.0 Å². The van der Waals surface area contributed by atoms with E-state index in [-0.39, 0.29) is 12.2 Å². The zero-order valence-electron chi connectivity index (χ0n) is 19.9. The van der Waals surface area contributed by atoms with E-state index in [4.69, 9.17) is 18.9 Å². The SMILES string of the molecule is CC(C)(C)OC(=O)N1CC(OCCCOCCN2CC3(CC(Oc4ccc(Br)cn4)C3)C2)C1. The second-order valence-corrected chi connectivity index (χ2v) is 11.4. The molecular weight excluding hydrogens is 490 g/mol. The summed E-state index contributed by atoms with van der Waals surface area (Å²) in [6, 6.07) is 3.87. The van der Waals surface area contributed by atoms with Gasteiger partial charge in [-0.05, 0) is 62.0 Å². The molecule has 1 saturated carbocycles. The zero-order valence-corrected chi connectivity index (χ0v) is 21.5. The van der Waals surface area contributed by atoms with Crippen LogP contribution in [0.15, 0.2) is 22.8 Å². The normalized spacial score (nSPS) is 20.8. The van der Waals surface area contributed by atoms with Crippen molar-refractivity contribution in [3.05, 3.63) is 22.8 Å². The van der Waals surface area contributed by atoms with Gasteiger partial charge in [0.05, 0.1) is 25.8 Å². The summed E-state index contributed by atoms with van der Waals surface area (Å²) in [5.74, 6) is 0.712. The van der Waals surface area contributed by atoms with Crippen LogP contribution in [0.1, 0.15) is 40.0 Å². The van der Waals surface area contributed by atoms with Crippen molar-refractivity contribution < 1.29 is 23.7 Å². The molecule has 3 aliphatic rings. The van der Waals surface area contributed by atoms with E-state index in [1.165, 1.54) is 0 Å². The van der Waals surface area contributed by atoms with E-state index in [1.54, 1.807) is 11.1 Å². The fourth-order valence-corrected chi connectivity index (χ4v) is 4.87. The maximum atomic E-state index is 11.9. The van der Waals surface area contributed by atoms with E-state index in [0.717, 1.165) is 50.0 Å². The van der Waals surface area contributed by atoms with Crippen molar-refractivity contribution in [2.24, 2.45) is 5.41 Å². The highest BCUT2D eigenvalue weighted by Crippen LogP contribution is 2.49. The van der Waals surface area contributed by atoms with Crippen LogP contribution in [0.2, 0.25) is 0 Å². The van der Waals surface area contributed by atoms with Gasteiger partial charge in [-0.3, -0.25) is 4.90 Å². The molecule has 3 fully saturated rings. The molecule has 0 bridgehead atoms. The van der Waals surface area contributed by atoms with Gasteiger partial charge in [-0.1, -0.05) is 0 Å². The molecule has 1 amide bonds. The van der Waals surface area contributed by atoms with Crippen LogP contribution in [-0.2, 0) is 14.2 Å². The third-order valence-electron chi connectivity index (χ3n) is 6.27. The highest BCUT2D eigenvalue weighted by molar-refractivity contribution is 9.10. The maximum absolute atomic E-state index is 11.9. The Hall–Kier alpha value is -1.42. The van der Waals surface area contributed by atoms with Crippen LogP contribution in [-0.4, -0.2) is 91.2 Å². The first-order valence-electron chi connectivity index (χ1n) is 11.9. The fourth-order valence-electron chi connectivity index (χ4n) is 4.64. The van der Waals surface area contributed by atoms with Crippen LogP contribution in [0.4, 0.5) is 4.79 Å². The summed E-state index contributed by atoms with van der Waals surface area (Å²) >= 11 is 3.39. The van der Waals surface area contributed by atoms with Gasteiger partial charge in [0.15, 0.2) is 0 Å². The number of halogens is 1. The summed E-state index contributed by atoms with van der Waals surface area (Å²) in [6.45, 7) is 12.2. The molecule has 184 valence electrons. The maximum Gasteiger partial charge on any atom is 0.410 e. The molecule has 0 radical (unpaired) electrons. The number of hydrogen-bond donors (Lipinski definition) is 0. The number of carbonyl (C=O) groups is 1. The lowest BCUT2D eigenvalue weighted by atomic mass is 9.62. The molecule has 9 heteroatoms. The van der Waals surface area contributed by atoms with Gasteiger partial charge < -0.3 is 23.8 Å². The van der Waals surface area contributed by atoms with Crippen molar-refractivity contribution in [3.8, 4) is 5.88 Å². The monoisotopic (exact) mass is 525 g/mol. The Labute approximate surface area is 205 Å². The van der Waals surface area contributed by atoms with Crippen LogP contribution in [0.25, 0.3) is 0 Å². The molecule has 2 aliphatic heterocycles. The lowest BCUT2D eigenvalue weighted by Crippen LogP contribution is -2.64. The molecule has 33 heavy (non-hydrogen) atoms. The predicted octanol–water partition coefficient (Wildman–Crippen LogP) is 3.73. The molecule has 1 aromatic rings. The smallest absolute Gasteiger partial charge is 0.410 e. The van der Waals surface area contributed by atoms with Crippen molar-refractivity contribution in [1.29, 1.82) is 0 Å². The Bertz CT molecular complexity index is 780. The number of ether oxygens (including phenoxy) is 4. The van der Waals surface area contributed by atoms with Crippen molar-refractivity contribution in [2.75, 3.05) is 52.5 Å². The Kier molecular flexibility index (Phi) is 7.83. The Balaban J connectivity index is 0.953. The number of hydrogen-bond acceptors (Lipinski definition) is 7. The predicted molar refractivity (Wildman–Crippen MR) is 127 cm³/mol. The third-order valence-corrected chi connectivity index (χ3v) is 6.73. The van der Waals surface area contributed by atoms with E-state index in [2.05, 4.69) is 25.8 Å². The van der Waals surface area contributed by atoms with Gasteiger partial charge in [-0.2, -0.15) is 0 Å². The number of nitrogens with zero attached hydrogens (tertiary/aromatic N) is 3. The number of likely N-dealkylation sites (tertiary alicyclic amines) is 2. The number of rotatable bonds is 10. The number of pyridine rings is 1. The zero-order chi connectivity index (χ0) is 23.5. The second kappa shape index (κ2) is 10.5. The van der Waals surface area contributed by atoms with Crippen molar-refractivity contribution in [3.63, 3.8) is 0 Å². The summed E-state index contributed by atoms with van der Waals surface area (Å²) in [7, 11) is 0. The van der Waals surface area contributed by atoms with Crippen LogP contribution in [0.5, 0.6) is 5.88 Å². The van der Waals surface area contributed by atoms with Crippen LogP contribution < -0.4 is 4.74 Å². The highest BCUT2D eigenvalue weighted by Gasteiger charge is 2.53. The fraction of sp³-hybridized carbons (Fsp3) is 0.750. The summed E-state index contributed by atoms with van der Waals surface area (Å²) in [5, 5.41) is 0. The molecule has 4 rings (SSSR count). The average molecular weight is 526 g/mol. The molecule has 0 atom stereocenters. The number of carbonyl (C=O) groups excluding carboxylic acids is 1. The molecule has 8 nitrogen and oxygen atoms in total. The quantitative estimate of drug-likeness (QED) is 0.431. The van der Waals surface area contributed by atoms with Gasteiger partial charge in [0.2, 0.25) is 5.88 Å². The van der Waals surface area contributed by atoms with E-state index in [1.807, 2.05) is 32.9 Å². The molecule has 1 aliphatic carbocycles. The Morgan fingerprint density at radius 1 is 1.15 bits per heavy atom. The second-order valence-electron chi connectivity index (χ2n) is 10.5. The Morgan fingerprint density at radius 2 is 1.91 bits per heavy atom. The molecule has 1 aromatic heterocycles. The van der Waals surface area contributed by atoms with Crippen LogP contribution in [0, 0.1) is 5.41 Å². The minimum Gasteiger partial charge on any atom is -0.474 e. The van der Waals surface area contributed by atoms with Gasteiger partial charge in [0, 0.05) is 55.0 Å². The summed E-state index contributed by atoms with van der Waals surface area (Å²) < 4.78 is 23.8. The van der Waals surface area contributed by atoms with E-state index in [9.17, 15) is 4.79 Å². The largest absolute Gasteiger partial charge is 0.474 e. The van der Waals surface area contributed by atoms with E-state index >= 15 is 0 Å². The Morgan fingerprint density at radius 3 is 2.58 bits per heavy atom. The average Bonchev–Trinajstić information content (AvgIpc) is 2.64. The first-order valence-corrected chi connectivity index (χ1v) is 12.7. The van der Waals surface area contributed by atoms with Gasteiger partial charge in [-0.25, -0.2) is 9.78 Å². The molecule has 3 heterocycles. The molecule has 0 N–H and O–H groups in total. The molecule has 2 saturated heterocycles. The van der Waals surface area contributed by atoms with Crippen LogP contribution in [0.3, 0.4) is 0 Å². The van der Waals surface area contributed by atoms with Crippen LogP contribution >= 0.6 is 15.9 Å².